The molecule has 0 radical (unpaired) electrons. The van der Waals surface area contributed by atoms with Crippen LogP contribution in [0.4, 0.5) is 11.4 Å². The first kappa shape index (κ1) is 19.0. The van der Waals surface area contributed by atoms with Crippen LogP contribution < -0.4 is 4.90 Å². The number of benzene rings is 1. The van der Waals surface area contributed by atoms with Crippen LogP contribution in [0.5, 0.6) is 0 Å². The van der Waals surface area contributed by atoms with Crippen LogP contribution >= 0.6 is 0 Å². The van der Waals surface area contributed by atoms with Crippen molar-refractivity contribution in [1.29, 1.82) is 0 Å². The van der Waals surface area contributed by atoms with Crippen LogP contribution in [0.25, 0.3) is 0 Å². The number of morpholine rings is 1. The van der Waals surface area contributed by atoms with E-state index in [0.717, 1.165) is 0 Å². The molecule has 2 heterocycles. The van der Waals surface area contributed by atoms with Crippen molar-refractivity contribution in [1.82, 2.24) is 8.61 Å². The molecule has 2 atom stereocenters. The highest BCUT2D eigenvalue weighted by Crippen LogP contribution is 2.29. The zero-order valence-electron chi connectivity index (χ0n) is 14.9. The lowest BCUT2D eigenvalue weighted by molar-refractivity contribution is -0.384. The fraction of sp³-hybridized carbons (Fsp3) is 0.625. The third-order valence-corrected chi connectivity index (χ3v) is 6.66. The smallest absolute Gasteiger partial charge is 0.292 e. The van der Waals surface area contributed by atoms with E-state index in [9.17, 15) is 18.5 Å². The molecule has 0 bridgehead atoms. The normalized spacial score (nSPS) is 26.0. The summed E-state index contributed by atoms with van der Waals surface area (Å²) in [6.45, 7) is 5.85. The molecular weight excluding hydrogens is 360 g/mol. The Balaban J connectivity index is 1.69. The van der Waals surface area contributed by atoms with Gasteiger partial charge >= 0.3 is 0 Å². The Kier molecular flexibility index (Phi) is 5.47. The molecule has 0 amide bonds. The molecule has 2 aliphatic rings. The van der Waals surface area contributed by atoms with E-state index >= 15 is 0 Å². The van der Waals surface area contributed by atoms with Gasteiger partial charge in [0.1, 0.15) is 5.69 Å². The summed E-state index contributed by atoms with van der Waals surface area (Å²) in [5.41, 5.74) is 0.572. The maximum absolute atomic E-state index is 12.9. The van der Waals surface area contributed by atoms with Crippen LogP contribution in [0.3, 0.4) is 0 Å². The van der Waals surface area contributed by atoms with Gasteiger partial charge < -0.3 is 9.64 Å². The minimum absolute atomic E-state index is 0.0413. The zero-order valence-corrected chi connectivity index (χ0v) is 15.8. The van der Waals surface area contributed by atoms with E-state index in [2.05, 4.69) is 0 Å². The van der Waals surface area contributed by atoms with Gasteiger partial charge in [0.25, 0.3) is 15.9 Å². The van der Waals surface area contributed by atoms with Crippen molar-refractivity contribution in [3.8, 4) is 0 Å². The number of piperazine rings is 1. The fourth-order valence-electron chi connectivity index (χ4n) is 3.53. The van der Waals surface area contributed by atoms with Gasteiger partial charge in [-0.2, -0.15) is 17.0 Å². The van der Waals surface area contributed by atoms with E-state index in [1.165, 1.54) is 14.7 Å². The Morgan fingerprint density at radius 2 is 1.62 bits per heavy atom. The van der Waals surface area contributed by atoms with Gasteiger partial charge in [-0.15, -0.1) is 0 Å². The van der Waals surface area contributed by atoms with E-state index < -0.39 is 15.1 Å². The predicted octanol–water partition coefficient (Wildman–Crippen LogP) is 1.07. The average molecular weight is 384 g/mol. The number of para-hydroxylation sites is 2. The van der Waals surface area contributed by atoms with E-state index in [-0.39, 0.29) is 17.9 Å². The highest BCUT2D eigenvalue weighted by Gasteiger charge is 2.37. The van der Waals surface area contributed by atoms with Crippen LogP contribution in [0, 0.1) is 10.1 Å². The van der Waals surface area contributed by atoms with E-state index in [0.29, 0.717) is 45.0 Å². The second-order valence-corrected chi connectivity index (χ2v) is 8.64. The lowest BCUT2D eigenvalue weighted by Gasteiger charge is -2.40. The summed E-state index contributed by atoms with van der Waals surface area (Å²) < 4.78 is 34.4. The van der Waals surface area contributed by atoms with Crippen LogP contribution in [-0.4, -0.2) is 73.4 Å². The molecule has 0 N–H and O–H groups in total. The molecule has 0 aromatic heterocycles. The molecule has 0 aliphatic carbocycles. The third kappa shape index (κ3) is 3.83. The standard InChI is InChI=1S/C16H24N4O5S/c1-13-11-19(12-14(2)25-13)26(23,24)18-9-7-17(8-10-18)15-5-3-4-6-16(15)20(21)22/h3-6,13-14H,7-12H2,1-2H3. The first-order valence-corrected chi connectivity index (χ1v) is 10.1. The summed E-state index contributed by atoms with van der Waals surface area (Å²) >= 11 is 0. The van der Waals surface area contributed by atoms with Crippen molar-refractivity contribution in [2.24, 2.45) is 0 Å². The number of ether oxygens (including phenoxy) is 1. The van der Waals surface area contributed by atoms with Gasteiger partial charge in [-0.3, -0.25) is 10.1 Å². The highest BCUT2D eigenvalue weighted by molar-refractivity contribution is 7.86. The lowest BCUT2D eigenvalue weighted by atomic mass is 10.2. The molecule has 144 valence electrons. The van der Waals surface area contributed by atoms with Crippen LogP contribution in [0.2, 0.25) is 0 Å². The number of hydrogen-bond donors (Lipinski definition) is 0. The number of hydrogen-bond acceptors (Lipinski definition) is 6. The maximum Gasteiger partial charge on any atom is 0.292 e. The average Bonchev–Trinajstić information content (AvgIpc) is 2.61. The van der Waals surface area contributed by atoms with Crippen molar-refractivity contribution in [3.05, 3.63) is 34.4 Å². The maximum atomic E-state index is 12.9. The Labute approximate surface area is 153 Å². The SMILES string of the molecule is CC1CN(S(=O)(=O)N2CCN(c3ccccc3[N+](=O)[O-])CC2)CC(C)O1. The number of nitrogens with zero attached hydrogens (tertiary/aromatic N) is 4. The van der Waals surface area contributed by atoms with Crippen LogP contribution in [0.15, 0.2) is 24.3 Å². The molecule has 0 saturated carbocycles. The molecule has 2 aliphatic heterocycles. The van der Waals surface area contributed by atoms with Crippen LogP contribution in [-0.2, 0) is 14.9 Å². The summed E-state index contributed by atoms with van der Waals surface area (Å²) in [7, 11) is -3.56. The van der Waals surface area contributed by atoms with Crippen molar-refractivity contribution in [3.63, 3.8) is 0 Å². The van der Waals surface area contributed by atoms with Crippen molar-refractivity contribution in [2.45, 2.75) is 26.1 Å². The Morgan fingerprint density at radius 1 is 1.04 bits per heavy atom. The lowest BCUT2D eigenvalue weighted by Crippen LogP contribution is -2.57. The van der Waals surface area contributed by atoms with Gasteiger partial charge in [-0.05, 0) is 19.9 Å². The largest absolute Gasteiger partial charge is 0.373 e. The monoisotopic (exact) mass is 384 g/mol. The Morgan fingerprint density at radius 3 is 2.19 bits per heavy atom. The third-order valence-electron chi connectivity index (χ3n) is 4.70. The Bertz CT molecular complexity index is 754. The van der Waals surface area contributed by atoms with Crippen molar-refractivity contribution < 1.29 is 18.1 Å². The number of rotatable bonds is 4. The Hall–Kier alpha value is -1.75. The molecule has 2 unspecified atom stereocenters. The first-order chi connectivity index (χ1) is 12.3. The molecule has 10 heteroatoms. The van der Waals surface area contributed by atoms with Gasteiger partial charge in [0, 0.05) is 45.3 Å². The van der Waals surface area contributed by atoms with E-state index in [1.54, 1.807) is 18.2 Å². The van der Waals surface area contributed by atoms with Gasteiger partial charge in [-0.1, -0.05) is 12.1 Å². The summed E-state index contributed by atoms with van der Waals surface area (Å²) in [5.74, 6) is 0. The van der Waals surface area contributed by atoms with E-state index in [4.69, 9.17) is 4.74 Å². The van der Waals surface area contributed by atoms with Gasteiger partial charge in [0.15, 0.2) is 0 Å². The summed E-state index contributed by atoms with van der Waals surface area (Å²) in [6, 6.07) is 6.55. The molecule has 9 nitrogen and oxygen atoms in total. The second-order valence-electron chi connectivity index (χ2n) is 6.71. The molecule has 1 aromatic carbocycles. The number of nitro benzene ring substituents is 1. The summed E-state index contributed by atoms with van der Waals surface area (Å²) in [6.07, 6.45) is -0.274. The number of anilines is 1. The predicted molar refractivity (Wildman–Crippen MR) is 97.4 cm³/mol. The summed E-state index contributed by atoms with van der Waals surface area (Å²) in [5, 5.41) is 11.2. The zero-order chi connectivity index (χ0) is 18.9. The van der Waals surface area contributed by atoms with Gasteiger partial charge in [-0.25, -0.2) is 0 Å². The number of nitro groups is 1. The molecule has 1 aromatic rings. The topological polar surface area (TPSA) is 96.2 Å². The molecule has 2 fully saturated rings. The molecule has 26 heavy (non-hydrogen) atoms. The van der Waals surface area contributed by atoms with Gasteiger partial charge in [0.2, 0.25) is 0 Å². The quantitative estimate of drug-likeness (QED) is 0.569. The molecule has 2 saturated heterocycles. The molecule has 3 rings (SSSR count). The fourth-order valence-corrected chi connectivity index (χ4v) is 5.28. The van der Waals surface area contributed by atoms with Crippen LogP contribution in [0.1, 0.15) is 13.8 Å². The van der Waals surface area contributed by atoms with Crippen molar-refractivity contribution >= 4 is 21.6 Å². The van der Waals surface area contributed by atoms with Gasteiger partial charge in [0.05, 0.1) is 17.1 Å². The van der Waals surface area contributed by atoms with Crippen molar-refractivity contribution in [2.75, 3.05) is 44.2 Å². The second kappa shape index (κ2) is 7.47. The first-order valence-electron chi connectivity index (χ1n) is 8.68. The molecular formula is C16H24N4O5S. The molecule has 0 spiro atoms. The minimum atomic E-state index is -3.56. The summed E-state index contributed by atoms with van der Waals surface area (Å²) in [4.78, 5) is 12.7. The van der Waals surface area contributed by atoms with E-state index in [1.807, 2.05) is 18.7 Å². The highest BCUT2D eigenvalue weighted by atomic mass is 32.2. The minimum Gasteiger partial charge on any atom is -0.373 e.